The number of Topliss-reactive ketones (excluding diaryl/α,β-unsaturated/α-hetero) is 1. The van der Waals surface area contributed by atoms with Gasteiger partial charge in [-0.15, -0.1) is 0 Å². The molecular weight excluding hydrogens is 222 g/mol. The zero-order chi connectivity index (χ0) is 12.4. The molecule has 0 fully saturated rings. The van der Waals surface area contributed by atoms with Gasteiger partial charge in [0.05, 0.1) is 7.11 Å². The number of aliphatic carboxylic acids is 1. The fourth-order valence-electron chi connectivity index (χ4n) is 1.84. The Kier molecular flexibility index (Phi) is 2.91. The number of rotatable bonds is 2. The predicted molar refractivity (Wildman–Crippen MR) is 59.2 cm³/mol. The molecule has 0 spiro atoms. The van der Waals surface area contributed by atoms with Crippen molar-refractivity contribution in [2.75, 3.05) is 7.11 Å². The van der Waals surface area contributed by atoms with Gasteiger partial charge >= 0.3 is 5.97 Å². The highest BCUT2D eigenvalue weighted by atomic mass is 16.5. The van der Waals surface area contributed by atoms with E-state index in [-0.39, 0.29) is 5.78 Å². The minimum atomic E-state index is -1.10. The Labute approximate surface area is 97.7 Å². The molecule has 1 aromatic heterocycles. The molecule has 0 saturated heterocycles. The summed E-state index contributed by atoms with van der Waals surface area (Å²) < 4.78 is 4.98. The first-order chi connectivity index (χ1) is 8.11. The molecule has 0 aliphatic heterocycles. The molecule has 1 aliphatic rings. The number of aryl methyl sites for hydroxylation is 1. The Bertz CT molecular complexity index is 519. The van der Waals surface area contributed by atoms with Crippen LogP contribution >= 0.6 is 0 Å². The van der Waals surface area contributed by atoms with Gasteiger partial charge in [0.1, 0.15) is 0 Å². The molecule has 5 heteroatoms. The molecule has 0 unspecified atom stereocenters. The summed E-state index contributed by atoms with van der Waals surface area (Å²) in [6.45, 7) is 0. The van der Waals surface area contributed by atoms with Gasteiger partial charge in [0.15, 0.2) is 5.78 Å². The number of carboxylic acid groups (broad SMARTS) is 1. The SMILES string of the molecule is COc1cc2c(cn1)C(=O)/C(=C/C(=O)O)CC2. The second-order valence-corrected chi connectivity index (χ2v) is 3.72. The largest absolute Gasteiger partial charge is 0.481 e. The molecule has 0 bridgehead atoms. The van der Waals surface area contributed by atoms with E-state index in [1.165, 1.54) is 13.3 Å². The van der Waals surface area contributed by atoms with Crippen molar-refractivity contribution in [3.05, 3.63) is 35.0 Å². The standard InChI is InChI=1S/C12H11NO4/c1-17-10-4-7-2-3-8(5-11(14)15)12(16)9(7)6-13-10/h4-6H,2-3H2,1H3,(H,14,15)/b8-5+. The molecule has 1 N–H and O–H groups in total. The smallest absolute Gasteiger partial charge is 0.328 e. The summed E-state index contributed by atoms with van der Waals surface area (Å²) in [6.07, 6.45) is 3.46. The maximum Gasteiger partial charge on any atom is 0.328 e. The number of ether oxygens (including phenoxy) is 1. The molecule has 1 aromatic rings. The lowest BCUT2D eigenvalue weighted by atomic mass is 9.88. The molecule has 88 valence electrons. The second-order valence-electron chi connectivity index (χ2n) is 3.72. The van der Waals surface area contributed by atoms with Crippen LogP contribution in [0.1, 0.15) is 22.3 Å². The van der Waals surface area contributed by atoms with E-state index in [2.05, 4.69) is 4.98 Å². The fourth-order valence-corrected chi connectivity index (χ4v) is 1.84. The molecule has 17 heavy (non-hydrogen) atoms. The van der Waals surface area contributed by atoms with Crippen molar-refractivity contribution in [2.45, 2.75) is 12.8 Å². The van der Waals surface area contributed by atoms with Crippen molar-refractivity contribution < 1.29 is 19.4 Å². The van der Waals surface area contributed by atoms with Gasteiger partial charge in [-0.25, -0.2) is 9.78 Å². The zero-order valence-electron chi connectivity index (χ0n) is 9.27. The van der Waals surface area contributed by atoms with Crippen LogP contribution in [0.2, 0.25) is 0 Å². The van der Waals surface area contributed by atoms with E-state index in [0.717, 1.165) is 11.6 Å². The van der Waals surface area contributed by atoms with E-state index in [1.807, 2.05) is 0 Å². The summed E-state index contributed by atoms with van der Waals surface area (Å²) in [4.78, 5) is 26.5. The minimum absolute atomic E-state index is 0.260. The van der Waals surface area contributed by atoms with Crippen molar-refractivity contribution in [1.29, 1.82) is 0 Å². The van der Waals surface area contributed by atoms with Crippen LogP contribution in [0.5, 0.6) is 5.88 Å². The molecule has 0 aromatic carbocycles. The predicted octanol–water partition coefficient (Wildman–Crippen LogP) is 1.23. The van der Waals surface area contributed by atoms with Crippen molar-refractivity contribution in [1.82, 2.24) is 4.98 Å². The zero-order valence-corrected chi connectivity index (χ0v) is 9.27. The highest BCUT2D eigenvalue weighted by Crippen LogP contribution is 2.26. The number of pyridine rings is 1. The minimum Gasteiger partial charge on any atom is -0.481 e. The Morgan fingerprint density at radius 1 is 1.53 bits per heavy atom. The number of carboxylic acids is 1. The first-order valence-corrected chi connectivity index (χ1v) is 5.13. The molecule has 2 rings (SSSR count). The molecule has 1 aliphatic carbocycles. The number of fused-ring (bicyclic) bond motifs is 1. The van der Waals surface area contributed by atoms with E-state index in [1.54, 1.807) is 6.07 Å². The number of methoxy groups -OCH3 is 1. The van der Waals surface area contributed by atoms with Crippen LogP contribution in [-0.2, 0) is 11.2 Å². The lowest BCUT2D eigenvalue weighted by Gasteiger charge is -2.16. The van der Waals surface area contributed by atoms with Crippen LogP contribution in [0, 0.1) is 0 Å². The first kappa shape index (κ1) is 11.3. The Morgan fingerprint density at radius 2 is 2.29 bits per heavy atom. The van der Waals surface area contributed by atoms with Gasteiger partial charge in [0.25, 0.3) is 0 Å². The van der Waals surface area contributed by atoms with Crippen molar-refractivity contribution in [3.8, 4) is 5.88 Å². The van der Waals surface area contributed by atoms with Crippen molar-refractivity contribution in [3.63, 3.8) is 0 Å². The Morgan fingerprint density at radius 3 is 2.94 bits per heavy atom. The molecule has 0 atom stereocenters. The van der Waals surface area contributed by atoms with Crippen LogP contribution in [0.3, 0.4) is 0 Å². The summed E-state index contributed by atoms with van der Waals surface area (Å²) in [7, 11) is 1.51. The summed E-state index contributed by atoms with van der Waals surface area (Å²) >= 11 is 0. The molecule has 1 heterocycles. The third kappa shape index (κ3) is 2.18. The van der Waals surface area contributed by atoms with Crippen molar-refractivity contribution in [2.24, 2.45) is 0 Å². The number of hydrogen-bond donors (Lipinski definition) is 1. The number of carbonyl (C=O) groups is 2. The van der Waals surface area contributed by atoms with Crippen LogP contribution in [0.15, 0.2) is 23.9 Å². The number of aromatic nitrogens is 1. The lowest BCUT2D eigenvalue weighted by Crippen LogP contribution is -2.16. The fraction of sp³-hybridized carbons (Fsp3) is 0.250. The van der Waals surface area contributed by atoms with E-state index < -0.39 is 5.97 Å². The molecule has 0 radical (unpaired) electrons. The third-order valence-electron chi connectivity index (χ3n) is 2.67. The lowest BCUT2D eigenvalue weighted by molar-refractivity contribution is -0.131. The van der Waals surface area contributed by atoms with Gasteiger partial charge in [-0.3, -0.25) is 4.79 Å². The highest BCUT2D eigenvalue weighted by Gasteiger charge is 2.23. The molecule has 0 amide bonds. The summed E-state index contributed by atoms with van der Waals surface area (Å²) in [5.74, 6) is -0.899. The van der Waals surface area contributed by atoms with Gasteiger partial charge in [0, 0.05) is 29.5 Å². The number of ketones is 1. The van der Waals surface area contributed by atoms with E-state index >= 15 is 0 Å². The number of allylic oxidation sites excluding steroid dienone is 1. The maximum absolute atomic E-state index is 11.9. The van der Waals surface area contributed by atoms with Gasteiger partial charge in [-0.1, -0.05) is 0 Å². The molecule has 0 saturated carbocycles. The van der Waals surface area contributed by atoms with Gasteiger partial charge < -0.3 is 9.84 Å². The molecular formula is C12H11NO4. The van der Waals surface area contributed by atoms with Crippen LogP contribution in [0.25, 0.3) is 0 Å². The first-order valence-electron chi connectivity index (χ1n) is 5.13. The van der Waals surface area contributed by atoms with Gasteiger partial charge in [0.2, 0.25) is 5.88 Å². The average Bonchev–Trinajstić information content (AvgIpc) is 2.32. The maximum atomic E-state index is 11.9. The van der Waals surface area contributed by atoms with Crippen LogP contribution in [-0.4, -0.2) is 29.0 Å². The van der Waals surface area contributed by atoms with E-state index in [0.29, 0.717) is 29.9 Å². The quantitative estimate of drug-likeness (QED) is 0.777. The van der Waals surface area contributed by atoms with Gasteiger partial charge in [-0.05, 0) is 18.4 Å². The number of nitrogens with zero attached hydrogens (tertiary/aromatic N) is 1. The Hall–Kier alpha value is -2.17. The summed E-state index contributed by atoms with van der Waals surface area (Å²) in [5, 5.41) is 8.65. The van der Waals surface area contributed by atoms with E-state index in [4.69, 9.17) is 9.84 Å². The summed E-state index contributed by atoms with van der Waals surface area (Å²) in [6, 6.07) is 1.71. The second kappa shape index (κ2) is 4.37. The number of carbonyl (C=O) groups excluding carboxylic acids is 1. The molecule has 5 nitrogen and oxygen atoms in total. The van der Waals surface area contributed by atoms with Gasteiger partial charge in [-0.2, -0.15) is 0 Å². The normalized spacial score (nSPS) is 16.8. The average molecular weight is 233 g/mol. The monoisotopic (exact) mass is 233 g/mol. The topological polar surface area (TPSA) is 76.5 Å². The van der Waals surface area contributed by atoms with Crippen LogP contribution < -0.4 is 4.74 Å². The van der Waals surface area contributed by atoms with Crippen LogP contribution in [0.4, 0.5) is 0 Å². The van der Waals surface area contributed by atoms with Crippen molar-refractivity contribution >= 4 is 11.8 Å². The van der Waals surface area contributed by atoms with E-state index in [9.17, 15) is 9.59 Å². The number of hydrogen-bond acceptors (Lipinski definition) is 4. The highest BCUT2D eigenvalue weighted by molar-refractivity contribution is 6.12. The summed E-state index contributed by atoms with van der Waals surface area (Å²) in [5.41, 5.74) is 1.63. The Balaban J connectivity index is 2.40. The third-order valence-corrected chi connectivity index (χ3v) is 2.67.